The summed E-state index contributed by atoms with van der Waals surface area (Å²) in [5, 5.41) is 2.93. The third-order valence-electron chi connectivity index (χ3n) is 3.26. The molecule has 104 valence electrons. The zero-order valence-electron chi connectivity index (χ0n) is 11.0. The minimum Gasteiger partial charge on any atom is -0.399 e. The average molecular weight is 288 g/mol. The molecule has 0 bridgehead atoms. The summed E-state index contributed by atoms with van der Waals surface area (Å²) in [5.74, 6) is -0.0353. The van der Waals surface area contributed by atoms with E-state index in [1.165, 1.54) is 4.88 Å². The van der Waals surface area contributed by atoms with Crippen LogP contribution in [-0.4, -0.2) is 12.5 Å². The van der Waals surface area contributed by atoms with E-state index in [1.807, 2.05) is 30.3 Å². The van der Waals surface area contributed by atoms with Gasteiger partial charge in [-0.1, -0.05) is 12.1 Å². The Balaban J connectivity index is 1.66. The third kappa shape index (κ3) is 2.84. The summed E-state index contributed by atoms with van der Waals surface area (Å²) >= 11 is 1.56. The molecule has 1 aliphatic rings. The molecule has 3 rings (SSSR count). The molecule has 3 N–H and O–H groups in total. The minimum atomic E-state index is -0.0353. The molecule has 0 saturated heterocycles. The molecule has 2 heterocycles. The lowest BCUT2D eigenvalue weighted by Gasteiger charge is -2.10. The number of rotatable bonds is 3. The summed E-state index contributed by atoms with van der Waals surface area (Å²) in [6.45, 7) is 1.86. The SMILES string of the molecule is Nc1cccc(CNC(=O)c2cc3c(s2)CCOC3)c1. The second-order valence-electron chi connectivity index (χ2n) is 4.79. The molecule has 0 saturated carbocycles. The Morgan fingerprint density at radius 1 is 1.40 bits per heavy atom. The van der Waals surface area contributed by atoms with E-state index in [4.69, 9.17) is 10.5 Å². The summed E-state index contributed by atoms with van der Waals surface area (Å²) in [6.07, 6.45) is 0.905. The van der Waals surface area contributed by atoms with E-state index in [0.717, 1.165) is 29.0 Å². The fraction of sp³-hybridized carbons (Fsp3) is 0.267. The van der Waals surface area contributed by atoms with Crippen molar-refractivity contribution < 1.29 is 9.53 Å². The number of fused-ring (bicyclic) bond motifs is 1. The van der Waals surface area contributed by atoms with E-state index < -0.39 is 0 Å². The molecule has 4 nitrogen and oxygen atoms in total. The van der Waals surface area contributed by atoms with Gasteiger partial charge in [0.25, 0.3) is 5.91 Å². The van der Waals surface area contributed by atoms with Crippen LogP contribution in [0.5, 0.6) is 0 Å². The largest absolute Gasteiger partial charge is 0.399 e. The zero-order chi connectivity index (χ0) is 13.9. The van der Waals surface area contributed by atoms with E-state index in [9.17, 15) is 4.79 Å². The number of thiophene rings is 1. The van der Waals surface area contributed by atoms with Gasteiger partial charge >= 0.3 is 0 Å². The van der Waals surface area contributed by atoms with Crippen molar-refractivity contribution >= 4 is 22.9 Å². The summed E-state index contributed by atoms with van der Waals surface area (Å²) in [7, 11) is 0. The molecular weight excluding hydrogens is 272 g/mol. The number of anilines is 1. The van der Waals surface area contributed by atoms with Crippen molar-refractivity contribution in [2.24, 2.45) is 0 Å². The van der Waals surface area contributed by atoms with Gasteiger partial charge in [-0.2, -0.15) is 0 Å². The lowest BCUT2D eigenvalue weighted by Crippen LogP contribution is -2.21. The van der Waals surface area contributed by atoms with Crippen LogP contribution >= 0.6 is 11.3 Å². The molecule has 1 aromatic heterocycles. The van der Waals surface area contributed by atoms with Gasteiger partial charge in [0.15, 0.2) is 0 Å². The monoisotopic (exact) mass is 288 g/mol. The number of nitrogen functional groups attached to an aromatic ring is 1. The van der Waals surface area contributed by atoms with E-state index in [2.05, 4.69) is 5.32 Å². The fourth-order valence-corrected chi connectivity index (χ4v) is 3.30. The molecular formula is C15H16N2O2S. The molecule has 1 aliphatic heterocycles. The van der Waals surface area contributed by atoms with Crippen molar-refractivity contribution in [3.05, 3.63) is 51.2 Å². The van der Waals surface area contributed by atoms with Crippen molar-refractivity contribution in [2.75, 3.05) is 12.3 Å². The maximum Gasteiger partial charge on any atom is 0.261 e. The number of amides is 1. The molecule has 0 unspecified atom stereocenters. The first kappa shape index (κ1) is 13.1. The van der Waals surface area contributed by atoms with Gasteiger partial charge in [0.05, 0.1) is 18.1 Å². The fourth-order valence-electron chi connectivity index (χ4n) is 2.23. The molecule has 0 atom stereocenters. The van der Waals surface area contributed by atoms with Crippen molar-refractivity contribution in [3.63, 3.8) is 0 Å². The summed E-state index contributed by atoms with van der Waals surface area (Å²) in [5.41, 5.74) is 8.58. The Hall–Kier alpha value is -1.85. The van der Waals surface area contributed by atoms with Crippen LogP contribution < -0.4 is 11.1 Å². The first-order chi connectivity index (χ1) is 9.72. The standard InChI is InChI=1S/C15H16N2O2S/c16-12-3-1-2-10(6-12)8-17-15(18)14-7-11-9-19-5-4-13(11)20-14/h1-3,6-7H,4-5,8-9,16H2,(H,17,18). The Bertz CT molecular complexity index is 613. The lowest BCUT2D eigenvalue weighted by molar-refractivity contribution is 0.0954. The van der Waals surface area contributed by atoms with Crippen molar-refractivity contribution in [2.45, 2.75) is 19.6 Å². The number of hydrogen-bond donors (Lipinski definition) is 2. The van der Waals surface area contributed by atoms with Gasteiger partial charge in [-0.25, -0.2) is 0 Å². The quantitative estimate of drug-likeness (QED) is 0.852. The van der Waals surface area contributed by atoms with Crippen LogP contribution in [0.25, 0.3) is 0 Å². The first-order valence-corrected chi connectivity index (χ1v) is 7.36. The highest BCUT2D eigenvalue weighted by atomic mass is 32.1. The normalized spacial score (nSPS) is 13.8. The zero-order valence-corrected chi connectivity index (χ0v) is 11.8. The predicted molar refractivity (Wildman–Crippen MR) is 79.7 cm³/mol. The van der Waals surface area contributed by atoms with E-state index >= 15 is 0 Å². The number of nitrogens with two attached hydrogens (primary N) is 1. The molecule has 1 amide bonds. The van der Waals surface area contributed by atoms with Crippen LogP contribution in [-0.2, 0) is 24.3 Å². The Morgan fingerprint density at radius 2 is 2.30 bits per heavy atom. The van der Waals surface area contributed by atoms with Crippen LogP contribution in [0.1, 0.15) is 25.7 Å². The van der Waals surface area contributed by atoms with Gasteiger partial charge in [-0.15, -0.1) is 11.3 Å². The average Bonchev–Trinajstić information content (AvgIpc) is 2.89. The molecule has 1 aromatic carbocycles. The van der Waals surface area contributed by atoms with Crippen molar-refractivity contribution in [3.8, 4) is 0 Å². The maximum atomic E-state index is 12.1. The number of benzene rings is 1. The second-order valence-corrected chi connectivity index (χ2v) is 5.93. The van der Waals surface area contributed by atoms with E-state index in [-0.39, 0.29) is 5.91 Å². The van der Waals surface area contributed by atoms with Crippen molar-refractivity contribution in [1.29, 1.82) is 0 Å². The Kier molecular flexibility index (Phi) is 3.71. The summed E-state index contributed by atoms with van der Waals surface area (Å²) < 4.78 is 5.39. The molecule has 20 heavy (non-hydrogen) atoms. The molecule has 0 fully saturated rings. The van der Waals surface area contributed by atoms with E-state index in [1.54, 1.807) is 11.3 Å². The van der Waals surface area contributed by atoms with Gasteiger partial charge in [0.2, 0.25) is 0 Å². The summed E-state index contributed by atoms with van der Waals surface area (Å²) in [4.78, 5) is 14.2. The highest BCUT2D eigenvalue weighted by Crippen LogP contribution is 2.26. The lowest BCUT2D eigenvalue weighted by atomic mass is 10.2. The van der Waals surface area contributed by atoms with Crippen LogP contribution in [0, 0.1) is 0 Å². The van der Waals surface area contributed by atoms with Crippen molar-refractivity contribution in [1.82, 2.24) is 5.32 Å². The number of carbonyl (C=O) groups is 1. The van der Waals surface area contributed by atoms with E-state index in [0.29, 0.717) is 18.8 Å². The maximum absolute atomic E-state index is 12.1. The summed E-state index contributed by atoms with van der Waals surface area (Å²) in [6, 6.07) is 9.47. The van der Waals surface area contributed by atoms with Gasteiger partial charge in [-0.05, 0) is 29.3 Å². The molecule has 0 spiro atoms. The number of ether oxygens (including phenoxy) is 1. The van der Waals surface area contributed by atoms with Crippen LogP contribution in [0.4, 0.5) is 5.69 Å². The predicted octanol–water partition coefficient (Wildman–Crippen LogP) is 2.33. The van der Waals surface area contributed by atoms with Gasteiger partial charge in [0, 0.05) is 23.5 Å². The third-order valence-corrected chi connectivity index (χ3v) is 4.49. The van der Waals surface area contributed by atoms with Gasteiger partial charge in [0.1, 0.15) is 0 Å². The first-order valence-electron chi connectivity index (χ1n) is 6.54. The molecule has 0 radical (unpaired) electrons. The highest BCUT2D eigenvalue weighted by molar-refractivity contribution is 7.14. The minimum absolute atomic E-state index is 0.0353. The number of nitrogens with one attached hydrogen (secondary N) is 1. The highest BCUT2D eigenvalue weighted by Gasteiger charge is 2.17. The van der Waals surface area contributed by atoms with Crippen LogP contribution in [0.2, 0.25) is 0 Å². The molecule has 0 aliphatic carbocycles. The molecule has 5 heteroatoms. The van der Waals surface area contributed by atoms with Gasteiger partial charge in [-0.3, -0.25) is 4.79 Å². The smallest absolute Gasteiger partial charge is 0.261 e. The topological polar surface area (TPSA) is 64.3 Å². The van der Waals surface area contributed by atoms with Gasteiger partial charge < -0.3 is 15.8 Å². The Labute approximate surface area is 121 Å². The number of carbonyl (C=O) groups excluding carboxylic acids is 1. The molecule has 2 aromatic rings. The van der Waals surface area contributed by atoms with Crippen LogP contribution in [0.3, 0.4) is 0 Å². The number of hydrogen-bond acceptors (Lipinski definition) is 4. The second kappa shape index (κ2) is 5.64. The Morgan fingerprint density at radius 3 is 3.10 bits per heavy atom. The van der Waals surface area contributed by atoms with Crippen LogP contribution in [0.15, 0.2) is 30.3 Å².